The highest BCUT2D eigenvalue weighted by Crippen LogP contribution is 2.31. The van der Waals surface area contributed by atoms with Gasteiger partial charge in [-0.1, -0.05) is 44.5 Å². The molecule has 0 saturated carbocycles. The van der Waals surface area contributed by atoms with Gasteiger partial charge < -0.3 is 9.80 Å². The maximum atomic E-state index is 13.8. The Labute approximate surface area is 226 Å². The first kappa shape index (κ1) is 25.9. The first-order chi connectivity index (χ1) is 17.8. The molecule has 1 aliphatic rings. The number of hydrogen-bond acceptors (Lipinski definition) is 5. The standard InChI is InChI=1S/C28H32ClN7O2/c1-17-13-22(32-31-17)25(37)34-11-12-35(28(5,6)16-34)26(38)23-15-36-24(30-23)20(27(2,3)4)14-21(33-36)18-7-9-19(29)10-8-18/h7-10,13-15H,11-12,16H2,1-6H3,(H,31,32). The van der Waals surface area contributed by atoms with Crippen LogP contribution >= 0.6 is 11.6 Å². The summed E-state index contributed by atoms with van der Waals surface area (Å²) >= 11 is 6.09. The van der Waals surface area contributed by atoms with Gasteiger partial charge in [0.25, 0.3) is 11.8 Å². The van der Waals surface area contributed by atoms with E-state index in [-0.39, 0.29) is 17.2 Å². The number of imidazole rings is 1. The molecular weight excluding hydrogens is 502 g/mol. The molecule has 0 bridgehead atoms. The quantitative estimate of drug-likeness (QED) is 0.409. The van der Waals surface area contributed by atoms with Crippen molar-refractivity contribution in [1.29, 1.82) is 0 Å². The molecule has 38 heavy (non-hydrogen) atoms. The molecule has 0 spiro atoms. The average Bonchev–Trinajstić information content (AvgIpc) is 3.48. The van der Waals surface area contributed by atoms with E-state index in [1.807, 2.05) is 51.1 Å². The number of aryl methyl sites for hydroxylation is 1. The minimum Gasteiger partial charge on any atom is -0.333 e. The number of rotatable bonds is 3. The topological polar surface area (TPSA) is 99.5 Å². The van der Waals surface area contributed by atoms with Gasteiger partial charge in [0, 0.05) is 41.5 Å². The van der Waals surface area contributed by atoms with Crippen molar-refractivity contribution < 1.29 is 9.59 Å². The Kier molecular flexibility index (Phi) is 6.30. The van der Waals surface area contributed by atoms with Crippen LogP contribution in [0.25, 0.3) is 16.9 Å². The number of nitrogens with one attached hydrogen (secondary N) is 1. The zero-order valence-electron chi connectivity index (χ0n) is 22.5. The Morgan fingerprint density at radius 2 is 1.74 bits per heavy atom. The molecule has 1 N–H and O–H groups in total. The number of aromatic amines is 1. The number of H-pyrrole nitrogens is 1. The number of carbonyl (C=O) groups excluding carboxylic acids is 2. The number of amides is 2. The summed E-state index contributed by atoms with van der Waals surface area (Å²) in [5, 5.41) is 12.4. The third-order valence-electron chi connectivity index (χ3n) is 6.95. The van der Waals surface area contributed by atoms with Crippen LogP contribution in [-0.2, 0) is 5.41 Å². The number of nitrogens with zero attached hydrogens (tertiary/aromatic N) is 6. The summed E-state index contributed by atoms with van der Waals surface area (Å²) in [4.78, 5) is 35.1. The normalized spacial score (nSPS) is 15.8. The van der Waals surface area contributed by atoms with E-state index in [0.29, 0.717) is 41.7 Å². The molecule has 3 aromatic heterocycles. The van der Waals surface area contributed by atoms with E-state index < -0.39 is 5.54 Å². The van der Waals surface area contributed by atoms with Crippen LogP contribution in [0.15, 0.2) is 42.6 Å². The molecule has 5 rings (SSSR count). The molecule has 198 valence electrons. The van der Waals surface area contributed by atoms with Crippen molar-refractivity contribution in [2.75, 3.05) is 19.6 Å². The van der Waals surface area contributed by atoms with Gasteiger partial charge >= 0.3 is 0 Å². The molecule has 1 aliphatic heterocycles. The van der Waals surface area contributed by atoms with Crippen LogP contribution in [0.3, 0.4) is 0 Å². The van der Waals surface area contributed by atoms with Crippen molar-refractivity contribution in [2.24, 2.45) is 0 Å². The second kappa shape index (κ2) is 9.23. The second-order valence-corrected chi connectivity index (χ2v) is 12.0. The van der Waals surface area contributed by atoms with Crippen molar-refractivity contribution in [3.8, 4) is 11.3 Å². The summed E-state index contributed by atoms with van der Waals surface area (Å²) in [5.74, 6) is -0.327. The highest BCUT2D eigenvalue weighted by molar-refractivity contribution is 6.30. The summed E-state index contributed by atoms with van der Waals surface area (Å²) in [5.41, 5.74) is 4.06. The van der Waals surface area contributed by atoms with E-state index >= 15 is 0 Å². The molecule has 0 aliphatic carbocycles. The Balaban J connectivity index is 1.46. The lowest BCUT2D eigenvalue weighted by molar-refractivity contribution is 0.0163. The molecule has 10 heteroatoms. The maximum Gasteiger partial charge on any atom is 0.274 e. The molecule has 0 radical (unpaired) electrons. The lowest BCUT2D eigenvalue weighted by atomic mass is 9.87. The lowest BCUT2D eigenvalue weighted by Crippen LogP contribution is -2.62. The second-order valence-electron chi connectivity index (χ2n) is 11.5. The van der Waals surface area contributed by atoms with Crippen LogP contribution in [0.1, 0.15) is 66.9 Å². The van der Waals surface area contributed by atoms with Gasteiger partial charge in [0.05, 0.1) is 17.4 Å². The smallest absolute Gasteiger partial charge is 0.274 e. The predicted octanol–water partition coefficient (Wildman–Crippen LogP) is 4.76. The van der Waals surface area contributed by atoms with Crippen molar-refractivity contribution >= 4 is 29.1 Å². The zero-order valence-corrected chi connectivity index (χ0v) is 23.3. The number of aromatic nitrogens is 5. The first-order valence-corrected chi connectivity index (χ1v) is 13.0. The maximum absolute atomic E-state index is 13.8. The number of carbonyl (C=O) groups is 2. The van der Waals surface area contributed by atoms with E-state index in [1.54, 1.807) is 26.6 Å². The number of benzene rings is 1. The van der Waals surface area contributed by atoms with Crippen LogP contribution in [0, 0.1) is 6.92 Å². The van der Waals surface area contributed by atoms with Gasteiger partial charge in [-0.3, -0.25) is 14.7 Å². The molecular formula is C28H32ClN7O2. The molecule has 0 atom stereocenters. The van der Waals surface area contributed by atoms with Gasteiger partial charge in [-0.15, -0.1) is 0 Å². The number of halogens is 1. The van der Waals surface area contributed by atoms with E-state index in [9.17, 15) is 9.59 Å². The molecule has 2 amide bonds. The van der Waals surface area contributed by atoms with Gasteiger partial charge in [0.2, 0.25) is 0 Å². The van der Waals surface area contributed by atoms with Crippen LogP contribution in [0.5, 0.6) is 0 Å². The van der Waals surface area contributed by atoms with E-state index in [1.165, 1.54) is 0 Å². The largest absolute Gasteiger partial charge is 0.333 e. The Bertz CT molecular complexity index is 1530. The lowest BCUT2D eigenvalue weighted by Gasteiger charge is -2.46. The highest BCUT2D eigenvalue weighted by atomic mass is 35.5. The van der Waals surface area contributed by atoms with Crippen molar-refractivity contribution in [2.45, 2.75) is 52.5 Å². The highest BCUT2D eigenvalue weighted by Gasteiger charge is 2.40. The van der Waals surface area contributed by atoms with Crippen LogP contribution in [0.4, 0.5) is 0 Å². The number of fused-ring (bicyclic) bond motifs is 1. The zero-order chi connectivity index (χ0) is 27.4. The number of piperazine rings is 1. The Morgan fingerprint density at radius 3 is 2.34 bits per heavy atom. The fourth-order valence-electron chi connectivity index (χ4n) is 4.93. The molecule has 9 nitrogen and oxygen atoms in total. The molecule has 4 heterocycles. The van der Waals surface area contributed by atoms with Gasteiger partial charge in [0.1, 0.15) is 11.4 Å². The summed E-state index contributed by atoms with van der Waals surface area (Å²) in [6.45, 7) is 13.3. The van der Waals surface area contributed by atoms with Crippen molar-refractivity contribution in [1.82, 2.24) is 34.6 Å². The Morgan fingerprint density at radius 1 is 1.03 bits per heavy atom. The summed E-state index contributed by atoms with van der Waals surface area (Å²) in [6.07, 6.45) is 1.70. The summed E-state index contributed by atoms with van der Waals surface area (Å²) < 4.78 is 1.70. The molecule has 1 aromatic carbocycles. The monoisotopic (exact) mass is 533 g/mol. The minimum absolute atomic E-state index is 0.143. The van der Waals surface area contributed by atoms with E-state index in [0.717, 1.165) is 22.5 Å². The minimum atomic E-state index is -0.596. The van der Waals surface area contributed by atoms with Gasteiger partial charge in [-0.25, -0.2) is 9.50 Å². The van der Waals surface area contributed by atoms with Crippen LogP contribution < -0.4 is 0 Å². The average molecular weight is 534 g/mol. The predicted molar refractivity (Wildman–Crippen MR) is 146 cm³/mol. The third kappa shape index (κ3) is 4.78. The molecule has 1 saturated heterocycles. The van der Waals surface area contributed by atoms with Crippen molar-refractivity contribution in [3.05, 3.63) is 70.3 Å². The molecule has 1 fully saturated rings. The number of hydrogen-bond donors (Lipinski definition) is 1. The van der Waals surface area contributed by atoms with Crippen LogP contribution in [0.2, 0.25) is 5.02 Å². The van der Waals surface area contributed by atoms with E-state index in [4.69, 9.17) is 21.7 Å². The molecule has 0 unspecified atom stereocenters. The fraction of sp³-hybridized carbons (Fsp3) is 0.393. The van der Waals surface area contributed by atoms with Gasteiger partial charge in [-0.05, 0) is 50.5 Å². The third-order valence-corrected chi connectivity index (χ3v) is 7.20. The van der Waals surface area contributed by atoms with Crippen LogP contribution in [-0.4, -0.2) is 71.6 Å². The van der Waals surface area contributed by atoms with E-state index in [2.05, 4.69) is 31.0 Å². The first-order valence-electron chi connectivity index (χ1n) is 12.6. The SMILES string of the molecule is Cc1cc(C(=O)N2CCN(C(=O)c3cn4nc(-c5ccc(Cl)cc5)cc(C(C)(C)C)c4n3)C(C)(C)C2)n[nH]1. The fourth-order valence-corrected chi connectivity index (χ4v) is 5.05. The Hall–Kier alpha value is -3.72. The van der Waals surface area contributed by atoms with Crippen molar-refractivity contribution in [3.63, 3.8) is 0 Å². The summed E-state index contributed by atoms with van der Waals surface area (Å²) in [6, 6.07) is 11.3. The summed E-state index contributed by atoms with van der Waals surface area (Å²) in [7, 11) is 0. The van der Waals surface area contributed by atoms with Gasteiger partial charge in [-0.2, -0.15) is 10.2 Å². The van der Waals surface area contributed by atoms with Gasteiger partial charge in [0.15, 0.2) is 5.65 Å². The molecule has 4 aromatic rings.